The predicted molar refractivity (Wildman–Crippen MR) is 97.3 cm³/mol. The average molecular weight is 416 g/mol. The molecule has 0 saturated heterocycles. The molecule has 1 N–H and O–H groups in total. The first-order valence-electron chi connectivity index (χ1n) is 6.98. The SMILES string of the molecule is CCCNC(c1cccc(I)c1)c1ccc(OC)c(Cl)c1. The topological polar surface area (TPSA) is 21.3 Å². The maximum atomic E-state index is 6.27. The van der Waals surface area contributed by atoms with E-state index in [1.165, 1.54) is 9.13 Å². The van der Waals surface area contributed by atoms with E-state index in [2.05, 4.69) is 65.2 Å². The van der Waals surface area contributed by atoms with E-state index in [4.69, 9.17) is 16.3 Å². The van der Waals surface area contributed by atoms with Gasteiger partial charge in [0.15, 0.2) is 0 Å². The molecule has 0 bridgehead atoms. The van der Waals surface area contributed by atoms with Crippen LogP contribution in [0.2, 0.25) is 5.02 Å². The van der Waals surface area contributed by atoms with E-state index >= 15 is 0 Å². The van der Waals surface area contributed by atoms with E-state index in [-0.39, 0.29) is 6.04 Å². The average Bonchev–Trinajstić information content (AvgIpc) is 2.48. The molecule has 2 rings (SSSR count). The Morgan fingerprint density at radius 3 is 2.57 bits per heavy atom. The predicted octanol–water partition coefficient (Wildman–Crippen LogP) is 5.04. The summed E-state index contributed by atoms with van der Waals surface area (Å²) in [5, 5.41) is 4.23. The first-order valence-corrected chi connectivity index (χ1v) is 8.43. The molecule has 0 radical (unpaired) electrons. The lowest BCUT2D eigenvalue weighted by atomic mass is 9.98. The van der Waals surface area contributed by atoms with Gasteiger partial charge in [0, 0.05) is 3.57 Å². The molecule has 0 amide bonds. The Bertz CT molecular complexity index is 603. The lowest BCUT2D eigenvalue weighted by Gasteiger charge is -2.20. The molecule has 1 unspecified atom stereocenters. The number of methoxy groups -OCH3 is 1. The van der Waals surface area contributed by atoms with Gasteiger partial charge in [-0.15, -0.1) is 0 Å². The van der Waals surface area contributed by atoms with Crippen LogP contribution in [-0.2, 0) is 0 Å². The number of nitrogens with one attached hydrogen (secondary N) is 1. The summed E-state index contributed by atoms with van der Waals surface area (Å²) >= 11 is 8.61. The van der Waals surface area contributed by atoms with Gasteiger partial charge in [-0.3, -0.25) is 0 Å². The minimum absolute atomic E-state index is 0.142. The highest BCUT2D eigenvalue weighted by Gasteiger charge is 2.15. The van der Waals surface area contributed by atoms with Crippen LogP contribution in [0.5, 0.6) is 5.75 Å². The highest BCUT2D eigenvalue weighted by atomic mass is 127. The Labute approximate surface area is 145 Å². The second-order valence-corrected chi connectivity index (χ2v) is 6.49. The van der Waals surface area contributed by atoms with Crippen molar-refractivity contribution in [2.24, 2.45) is 0 Å². The van der Waals surface area contributed by atoms with Crippen LogP contribution < -0.4 is 10.1 Å². The highest BCUT2D eigenvalue weighted by Crippen LogP contribution is 2.30. The summed E-state index contributed by atoms with van der Waals surface area (Å²) in [6.07, 6.45) is 1.09. The van der Waals surface area contributed by atoms with E-state index in [1.807, 2.05) is 12.1 Å². The molecular weight excluding hydrogens is 397 g/mol. The fraction of sp³-hybridized carbons (Fsp3) is 0.294. The van der Waals surface area contributed by atoms with E-state index in [9.17, 15) is 0 Å². The molecule has 0 aliphatic rings. The Balaban J connectivity index is 2.37. The monoisotopic (exact) mass is 415 g/mol. The molecule has 0 saturated carbocycles. The molecule has 0 fully saturated rings. The van der Waals surface area contributed by atoms with Crippen LogP contribution in [0.3, 0.4) is 0 Å². The zero-order chi connectivity index (χ0) is 15.2. The lowest BCUT2D eigenvalue weighted by molar-refractivity contribution is 0.414. The third-order valence-electron chi connectivity index (χ3n) is 3.29. The van der Waals surface area contributed by atoms with Crippen molar-refractivity contribution in [2.45, 2.75) is 19.4 Å². The summed E-state index contributed by atoms with van der Waals surface area (Å²) in [5.74, 6) is 0.706. The first kappa shape index (κ1) is 16.6. The molecule has 1 atom stereocenters. The van der Waals surface area contributed by atoms with Gasteiger partial charge in [-0.1, -0.05) is 36.7 Å². The number of halogens is 2. The van der Waals surface area contributed by atoms with Gasteiger partial charge in [0.25, 0.3) is 0 Å². The summed E-state index contributed by atoms with van der Waals surface area (Å²) < 4.78 is 6.46. The van der Waals surface area contributed by atoms with Crippen LogP contribution >= 0.6 is 34.2 Å². The van der Waals surface area contributed by atoms with Gasteiger partial charge in [-0.25, -0.2) is 0 Å². The van der Waals surface area contributed by atoms with Crippen molar-refractivity contribution in [1.82, 2.24) is 5.32 Å². The van der Waals surface area contributed by atoms with Gasteiger partial charge in [0.1, 0.15) is 5.75 Å². The van der Waals surface area contributed by atoms with Crippen LogP contribution in [0.1, 0.15) is 30.5 Å². The maximum absolute atomic E-state index is 6.27. The number of benzene rings is 2. The van der Waals surface area contributed by atoms with Crippen LogP contribution in [0.25, 0.3) is 0 Å². The zero-order valence-electron chi connectivity index (χ0n) is 12.2. The fourth-order valence-electron chi connectivity index (χ4n) is 2.27. The summed E-state index contributed by atoms with van der Waals surface area (Å²) in [4.78, 5) is 0. The Hall–Kier alpha value is -0.780. The van der Waals surface area contributed by atoms with Gasteiger partial charge >= 0.3 is 0 Å². The van der Waals surface area contributed by atoms with Crippen molar-refractivity contribution in [3.8, 4) is 5.75 Å². The Morgan fingerprint density at radius 2 is 1.95 bits per heavy atom. The Kier molecular flexibility index (Phi) is 6.33. The number of hydrogen-bond donors (Lipinski definition) is 1. The van der Waals surface area contributed by atoms with Crippen molar-refractivity contribution < 1.29 is 4.74 Å². The zero-order valence-corrected chi connectivity index (χ0v) is 15.1. The van der Waals surface area contributed by atoms with Gasteiger partial charge in [-0.05, 0) is 70.9 Å². The molecular formula is C17H19ClINO. The van der Waals surface area contributed by atoms with Crippen LogP contribution in [0.15, 0.2) is 42.5 Å². The van der Waals surface area contributed by atoms with Crippen molar-refractivity contribution in [2.75, 3.05) is 13.7 Å². The summed E-state index contributed by atoms with van der Waals surface area (Å²) in [7, 11) is 1.63. The molecule has 21 heavy (non-hydrogen) atoms. The number of ether oxygens (including phenoxy) is 1. The smallest absolute Gasteiger partial charge is 0.137 e. The fourth-order valence-corrected chi connectivity index (χ4v) is 3.10. The summed E-state index contributed by atoms with van der Waals surface area (Å²) in [5.41, 5.74) is 2.40. The number of hydrogen-bond acceptors (Lipinski definition) is 2. The standard InChI is InChI=1S/C17H19ClINO/c1-3-9-20-17(12-5-4-6-14(19)10-12)13-7-8-16(21-2)15(18)11-13/h4-8,10-11,17,20H,3,9H2,1-2H3. The van der Waals surface area contributed by atoms with Gasteiger partial charge in [0.2, 0.25) is 0 Å². The third kappa shape index (κ3) is 4.34. The molecule has 2 aromatic rings. The highest BCUT2D eigenvalue weighted by molar-refractivity contribution is 14.1. The molecule has 4 heteroatoms. The van der Waals surface area contributed by atoms with Crippen LogP contribution in [0.4, 0.5) is 0 Å². The second kappa shape index (κ2) is 8.01. The van der Waals surface area contributed by atoms with Crippen molar-refractivity contribution in [1.29, 1.82) is 0 Å². The first-order chi connectivity index (χ1) is 10.2. The van der Waals surface area contributed by atoms with Gasteiger partial charge in [0.05, 0.1) is 18.2 Å². The molecule has 0 spiro atoms. The van der Waals surface area contributed by atoms with Gasteiger partial charge < -0.3 is 10.1 Å². The van der Waals surface area contributed by atoms with Gasteiger partial charge in [-0.2, -0.15) is 0 Å². The second-order valence-electron chi connectivity index (χ2n) is 4.84. The quantitative estimate of drug-likeness (QED) is 0.667. The third-order valence-corrected chi connectivity index (χ3v) is 4.26. The van der Waals surface area contributed by atoms with E-state index in [1.54, 1.807) is 7.11 Å². The van der Waals surface area contributed by atoms with E-state index in [0.717, 1.165) is 18.5 Å². The van der Waals surface area contributed by atoms with Crippen LogP contribution in [0, 0.1) is 3.57 Å². The normalized spacial score (nSPS) is 12.2. The summed E-state index contributed by atoms with van der Waals surface area (Å²) in [6.45, 7) is 3.12. The molecule has 0 aliphatic heterocycles. The number of rotatable bonds is 6. The van der Waals surface area contributed by atoms with E-state index < -0.39 is 0 Å². The van der Waals surface area contributed by atoms with E-state index in [0.29, 0.717) is 10.8 Å². The minimum Gasteiger partial charge on any atom is -0.495 e. The lowest BCUT2D eigenvalue weighted by Crippen LogP contribution is -2.23. The maximum Gasteiger partial charge on any atom is 0.137 e. The largest absolute Gasteiger partial charge is 0.495 e. The molecule has 0 heterocycles. The molecule has 2 nitrogen and oxygen atoms in total. The Morgan fingerprint density at radius 1 is 1.19 bits per heavy atom. The van der Waals surface area contributed by atoms with Crippen molar-refractivity contribution >= 4 is 34.2 Å². The van der Waals surface area contributed by atoms with Crippen LogP contribution in [-0.4, -0.2) is 13.7 Å². The molecule has 0 aromatic heterocycles. The molecule has 2 aromatic carbocycles. The van der Waals surface area contributed by atoms with Crippen molar-refractivity contribution in [3.63, 3.8) is 0 Å². The summed E-state index contributed by atoms with van der Waals surface area (Å²) in [6, 6.07) is 14.6. The molecule has 112 valence electrons. The minimum atomic E-state index is 0.142. The molecule has 0 aliphatic carbocycles. The van der Waals surface area contributed by atoms with Crippen molar-refractivity contribution in [3.05, 3.63) is 62.2 Å².